The van der Waals surface area contributed by atoms with E-state index in [1.165, 1.54) is 16.7 Å². The Labute approximate surface area is 74.4 Å². The van der Waals surface area contributed by atoms with Gasteiger partial charge in [0.25, 0.3) is 0 Å². The number of rotatable bonds is 2. The number of aryl methyl sites for hydroxylation is 2. The van der Waals surface area contributed by atoms with Crippen molar-refractivity contribution in [3.63, 3.8) is 0 Å². The summed E-state index contributed by atoms with van der Waals surface area (Å²) in [5.74, 6) is 0.993. The molecule has 1 nitrogen and oxygen atoms in total. The summed E-state index contributed by atoms with van der Waals surface area (Å²) in [4.78, 5) is 0. The molecule has 1 radical (unpaired) electrons. The molecule has 0 atom stereocenters. The van der Waals surface area contributed by atoms with Gasteiger partial charge in [-0.1, -0.05) is 12.1 Å². The lowest BCUT2D eigenvalue weighted by molar-refractivity contribution is 0.408. The van der Waals surface area contributed by atoms with Crippen LogP contribution >= 0.6 is 0 Å². The van der Waals surface area contributed by atoms with Crippen LogP contribution in [0.4, 0.5) is 0 Å². The summed E-state index contributed by atoms with van der Waals surface area (Å²) in [5, 5.41) is 0. The summed E-state index contributed by atoms with van der Waals surface area (Å²) in [6.45, 7) is 7.97. The third kappa shape index (κ3) is 1.60. The average molecular weight is 163 g/mol. The molecule has 0 spiro atoms. The maximum atomic E-state index is 5.25. The van der Waals surface area contributed by atoms with Gasteiger partial charge in [0.2, 0.25) is 0 Å². The fourth-order valence-electron chi connectivity index (χ4n) is 1.51. The molecule has 0 heterocycles. The van der Waals surface area contributed by atoms with E-state index in [4.69, 9.17) is 4.74 Å². The van der Waals surface area contributed by atoms with Crippen LogP contribution in [0, 0.1) is 20.8 Å². The second kappa shape index (κ2) is 3.61. The molecule has 0 aliphatic heterocycles. The van der Waals surface area contributed by atoms with Crippen LogP contribution in [0.2, 0.25) is 0 Å². The smallest absolute Gasteiger partial charge is 0.124 e. The van der Waals surface area contributed by atoms with Crippen LogP contribution in [-0.4, -0.2) is 7.11 Å². The van der Waals surface area contributed by atoms with Crippen LogP contribution in [-0.2, 0) is 6.42 Å². The number of hydrogen-bond acceptors (Lipinski definition) is 1. The van der Waals surface area contributed by atoms with Gasteiger partial charge >= 0.3 is 0 Å². The zero-order chi connectivity index (χ0) is 9.14. The lowest BCUT2D eigenvalue weighted by atomic mass is 10.0. The summed E-state index contributed by atoms with van der Waals surface area (Å²) in [5.41, 5.74) is 3.65. The van der Waals surface area contributed by atoms with Gasteiger partial charge in [0, 0.05) is 0 Å². The van der Waals surface area contributed by atoms with E-state index in [1.807, 2.05) is 0 Å². The standard InChI is InChI=1S/C11H15O/c1-5-10-6-8(2)11(12-4)9(3)7-10/h6-7H,1,5H2,2-4H3. The highest BCUT2D eigenvalue weighted by molar-refractivity contribution is 5.43. The van der Waals surface area contributed by atoms with Crippen molar-refractivity contribution in [3.8, 4) is 5.75 Å². The van der Waals surface area contributed by atoms with E-state index in [-0.39, 0.29) is 0 Å². The summed E-state index contributed by atoms with van der Waals surface area (Å²) in [6.07, 6.45) is 0.839. The van der Waals surface area contributed by atoms with Crippen molar-refractivity contribution in [2.45, 2.75) is 20.3 Å². The molecule has 1 aromatic rings. The Balaban J connectivity index is 3.18. The first-order valence-corrected chi connectivity index (χ1v) is 4.12. The van der Waals surface area contributed by atoms with Gasteiger partial charge in [0.1, 0.15) is 5.75 Å². The third-order valence-electron chi connectivity index (χ3n) is 2.01. The van der Waals surface area contributed by atoms with Crippen LogP contribution in [0.25, 0.3) is 0 Å². The predicted octanol–water partition coefficient (Wildman–Crippen LogP) is 2.69. The van der Waals surface area contributed by atoms with E-state index in [0.29, 0.717) is 0 Å². The third-order valence-corrected chi connectivity index (χ3v) is 2.01. The highest BCUT2D eigenvalue weighted by Gasteiger charge is 2.03. The highest BCUT2D eigenvalue weighted by atomic mass is 16.5. The zero-order valence-corrected chi connectivity index (χ0v) is 7.98. The van der Waals surface area contributed by atoms with E-state index in [2.05, 4.69) is 32.9 Å². The molecule has 0 N–H and O–H groups in total. The van der Waals surface area contributed by atoms with E-state index in [0.717, 1.165) is 12.2 Å². The minimum atomic E-state index is 0.839. The molecule has 0 aromatic heterocycles. The number of hydrogen-bond donors (Lipinski definition) is 0. The molecule has 12 heavy (non-hydrogen) atoms. The van der Waals surface area contributed by atoms with Crippen LogP contribution in [0.1, 0.15) is 16.7 Å². The molecule has 1 aromatic carbocycles. The molecule has 1 heteroatoms. The first-order valence-electron chi connectivity index (χ1n) is 4.12. The Morgan fingerprint density at radius 3 is 2.08 bits per heavy atom. The number of methoxy groups -OCH3 is 1. The monoisotopic (exact) mass is 163 g/mol. The Morgan fingerprint density at radius 1 is 1.25 bits per heavy atom. The quantitative estimate of drug-likeness (QED) is 0.651. The molecule has 0 saturated carbocycles. The first kappa shape index (κ1) is 9.11. The molecular formula is C11H15O. The van der Waals surface area contributed by atoms with E-state index >= 15 is 0 Å². The van der Waals surface area contributed by atoms with Crippen molar-refractivity contribution in [1.82, 2.24) is 0 Å². The molecule has 0 fully saturated rings. The zero-order valence-electron chi connectivity index (χ0n) is 7.98. The average Bonchev–Trinajstić information content (AvgIpc) is 2.03. The van der Waals surface area contributed by atoms with Gasteiger partial charge in [0.05, 0.1) is 7.11 Å². The van der Waals surface area contributed by atoms with Gasteiger partial charge in [0.15, 0.2) is 0 Å². The Hall–Kier alpha value is -0.980. The molecule has 0 saturated heterocycles. The minimum absolute atomic E-state index is 0.839. The lowest BCUT2D eigenvalue weighted by Gasteiger charge is -2.09. The maximum Gasteiger partial charge on any atom is 0.124 e. The maximum absolute atomic E-state index is 5.25. The fraction of sp³-hybridized carbons (Fsp3) is 0.364. The van der Waals surface area contributed by atoms with Crippen LogP contribution in [0.5, 0.6) is 5.75 Å². The number of benzene rings is 1. The largest absolute Gasteiger partial charge is 0.496 e. The fourth-order valence-corrected chi connectivity index (χ4v) is 1.51. The molecule has 0 bridgehead atoms. The van der Waals surface area contributed by atoms with Crippen molar-refractivity contribution in [2.75, 3.05) is 7.11 Å². The van der Waals surface area contributed by atoms with Crippen LogP contribution in [0.15, 0.2) is 12.1 Å². The molecule has 65 valence electrons. The lowest BCUT2D eigenvalue weighted by Crippen LogP contribution is -1.93. The topological polar surface area (TPSA) is 9.23 Å². The number of ether oxygens (including phenoxy) is 1. The van der Waals surface area contributed by atoms with Crippen LogP contribution < -0.4 is 4.74 Å². The van der Waals surface area contributed by atoms with Crippen molar-refractivity contribution in [1.29, 1.82) is 0 Å². The molecule has 0 aliphatic rings. The van der Waals surface area contributed by atoms with Gasteiger partial charge in [-0.05, 0) is 43.9 Å². The Morgan fingerprint density at radius 2 is 1.75 bits per heavy atom. The molecule has 0 unspecified atom stereocenters. The Kier molecular flexibility index (Phi) is 2.74. The van der Waals surface area contributed by atoms with Crippen molar-refractivity contribution >= 4 is 0 Å². The SMILES string of the molecule is [CH2]Cc1cc(C)c(OC)c(C)c1. The molecule has 0 aliphatic carbocycles. The summed E-state index contributed by atoms with van der Waals surface area (Å²) in [7, 11) is 1.71. The van der Waals surface area contributed by atoms with Gasteiger partial charge in [-0.15, -0.1) is 0 Å². The first-order chi connectivity index (χ1) is 5.69. The van der Waals surface area contributed by atoms with E-state index in [9.17, 15) is 0 Å². The molecule has 0 amide bonds. The summed E-state index contributed by atoms with van der Waals surface area (Å²) >= 11 is 0. The normalized spacial score (nSPS) is 10.0. The highest BCUT2D eigenvalue weighted by Crippen LogP contribution is 2.24. The summed E-state index contributed by atoms with van der Waals surface area (Å²) in [6, 6.07) is 4.25. The minimum Gasteiger partial charge on any atom is -0.496 e. The predicted molar refractivity (Wildman–Crippen MR) is 51.5 cm³/mol. The second-order valence-corrected chi connectivity index (χ2v) is 3.01. The van der Waals surface area contributed by atoms with Crippen molar-refractivity contribution in [3.05, 3.63) is 35.7 Å². The van der Waals surface area contributed by atoms with Gasteiger partial charge in [-0.2, -0.15) is 0 Å². The summed E-state index contributed by atoms with van der Waals surface area (Å²) < 4.78 is 5.25. The van der Waals surface area contributed by atoms with Crippen LogP contribution in [0.3, 0.4) is 0 Å². The van der Waals surface area contributed by atoms with Crippen molar-refractivity contribution < 1.29 is 4.74 Å². The second-order valence-electron chi connectivity index (χ2n) is 3.01. The van der Waals surface area contributed by atoms with Gasteiger partial charge in [-0.3, -0.25) is 0 Å². The van der Waals surface area contributed by atoms with Crippen molar-refractivity contribution in [2.24, 2.45) is 0 Å². The van der Waals surface area contributed by atoms with E-state index in [1.54, 1.807) is 7.11 Å². The van der Waals surface area contributed by atoms with E-state index < -0.39 is 0 Å². The molecule has 1 rings (SSSR count). The molecular weight excluding hydrogens is 148 g/mol. The van der Waals surface area contributed by atoms with Gasteiger partial charge < -0.3 is 4.74 Å². The Bertz CT molecular complexity index is 253. The van der Waals surface area contributed by atoms with Gasteiger partial charge in [-0.25, -0.2) is 0 Å².